The second-order valence-corrected chi connectivity index (χ2v) is 2.79. The lowest BCUT2D eigenvalue weighted by atomic mass is 10.2. The molecular formula is C8H11Cl. The minimum absolute atomic E-state index is 0.188. The molecule has 9 heavy (non-hydrogen) atoms. The van der Waals surface area contributed by atoms with Crippen molar-refractivity contribution in [3.63, 3.8) is 0 Å². The average molecular weight is 143 g/mol. The van der Waals surface area contributed by atoms with Crippen molar-refractivity contribution in [3.05, 3.63) is 11.6 Å². The molecule has 0 spiro atoms. The molecule has 0 saturated carbocycles. The molecule has 0 fully saturated rings. The second-order valence-electron chi connectivity index (χ2n) is 2.05. The first-order valence-corrected chi connectivity index (χ1v) is 3.38. The van der Waals surface area contributed by atoms with Gasteiger partial charge in [0.25, 0.3) is 0 Å². The van der Waals surface area contributed by atoms with E-state index in [-0.39, 0.29) is 5.38 Å². The molecule has 0 amide bonds. The Bertz CT molecular complexity index is 137. The van der Waals surface area contributed by atoms with Gasteiger partial charge in [-0.15, -0.1) is 18.0 Å². The molecule has 0 N–H and O–H groups in total. The zero-order chi connectivity index (χ0) is 7.28. The zero-order valence-corrected chi connectivity index (χ0v) is 6.57. The van der Waals surface area contributed by atoms with Crippen LogP contribution in [0.3, 0.4) is 0 Å². The summed E-state index contributed by atoms with van der Waals surface area (Å²) in [4.78, 5) is 0. The van der Waals surface area contributed by atoms with Crippen molar-refractivity contribution in [3.8, 4) is 12.3 Å². The third-order valence-corrected chi connectivity index (χ3v) is 1.15. The number of hydrogen-bond donors (Lipinski definition) is 0. The van der Waals surface area contributed by atoms with Crippen molar-refractivity contribution >= 4 is 11.6 Å². The van der Waals surface area contributed by atoms with Gasteiger partial charge in [0.1, 0.15) is 0 Å². The minimum atomic E-state index is 0.188. The Morgan fingerprint density at radius 3 is 2.78 bits per heavy atom. The normalized spacial score (nSPS) is 14.7. The highest BCUT2D eigenvalue weighted by Crippen LogP contribution is 2.02. The molecule has 0 aromatic heterocycles. The Morgan fingerprint density at radius 2 is 2.44 bits per heavy atom. The minimum Gasteiger partial charge on any atom is -0.123 e. The smallest absolute Gasteiger partial charge is 0.0342 e. The van der Waals surface area contributed by atoms with Crippen LogP contribution in [0, 0.1) is 12.3 Å². The monoisotopic (exact) mass is 142 g/mol. The van der Waals surface area contributed by atoms with Gasteiger partial charge in [-0.1, -0.05) is 12.0 Å². The summed E-state index contributed by atoms with van der Waals surface area (Å²) in [6.45, 7) is 3.85. The number of hydrogen-bond acceptors (Lipinski definition) is 0. The molecule has 0 aromatic rings. The van der Waals surface area contributed by atoms with Gasteiger partial charge in [-0.2, -0.15) is 0 Å². The van der Waals surface area contributed by atoms with E-state index in [0.717, 1.165) is 12.0 Å². The number of halogens is 1. The van der Waals surface area contributed by atoms with Gasteiger partial charge in [0.05, 0.1) is 0 Å². The lowest BCUT2D eigenvalue weighted by molar-refractivity contribution is 0.963. The van der Waals surface area contributed by atoms with Crippen LogP contribution < -0.4 is 0 Å². The van der Waals surface area contributed by atoms with Crippen LogP contribution in [0.5, 0.6) is 0 Å². The molecule has 0 aliphatic heterocycles. The van der Waals surface area contributed by atoms with E-state index in [9.17, 15) is 0 Å². The van der Waals surface area contributed by atoms with Crippen LogP contribution >= 0.6 is 11.6 Å². The molecule has 0 rings (SSSR count). The molecule has 0 radical (unpaired) electrons. The largest absolute Gasteiger partial charge is 0.123 e. The molecule has 0 aromatic carbocycles. The SMILES string of the molecule is C#C/C(C)=C\CC(C)Cl. The van der Waals surface area contributed by atoms with Crippen molar-refractivity contribution in [2.75, 3.05) is 0 Å². The van der Waals surface area contributed by atoms with Gasteiger partial charge in [0, 0.05) is 5.38 Å². The highest BCUT2D eigenvalue weighted by molar-refractivity contribution is 6.20. The molecule has 0 saturated heterocycles. The molecule has 1 heteroatoms. The van der Waals surface area contributed by atoms with E-state index >= 15 is 0 Å². The number of terminal acetylenes is 1. The molecule has 1 unspecified atom stereocenters. The molecule has 0 nitrogen and oxygen atoms in total. The van der Waals surface area contributed by atoms with Crippen molar-refractivity contribution in [1.29, 1.82) is 0 Å². The number of alkyl halides is 1. The van der Waals surface area contributed by atoms with Crippen molar-refractivity contribution in [1.82, 2.24) is 0 Å². The highest BCUT2D eigenvalue weighted by atomic mass is 35.5. The fourth-order valence-corrected chi connectivity index (χ4v) is 0.487. The third-order valence-electron chi connectivity index (χ3n) is 0.976. The van der Waals surface area contributed by atoms with Crippen LogP contribution in [0.4, 0.5) is 0 Å². The average Bonchev–Trinajstić information content (AvgIpc) is 1.83. The van der Waals surface area contributed by atoms with E-state index in [1.165, 1.54) is 0 Å². The maximum absolute atomic E-state index is 5.67. The van der Waals surface area contributed by atoms with E-state index in [4.69, 9.17) is 18.0 Å². The summed E-state index contributed by atoms with van der Waals surface area (Å²) >= 11 is 5.67. The molecule has 0 bridgehead atoms. The van der Waals surface area contributed by atoms with Gasteiger partial charge in [0.15, 0.2) is 0 Å². The summed E-state index contributed by atoms with van der Waals surface area (Å²) in [5.74, 6) is 2.52. The Balaban J connectivity index is 3.60. The van der Waals surface area contributed by atoms with E-state index in [1.807, 2.05) is 19.9 Å². The lowest BCUT2D eigenvalue weighted by Crippen LogP contribution is -1.86. The summed E-state index contributed by atoms with van der Waals surface area (Å²) in [6, 6.07) is 0. The van der Waals surface area contributed by atoms with Gasteiger partial charge in [0.2, 0.25) is 0 Å². The topological polar surface area (TPSA) is 0 Å². The van der Waals surface area contributed by atoms with Gasteiger partial charge >= 0.3 is 0 Å². The van der Waals surface area contributed by atoms with E-state index in [2.05, 4.69) is 5.92 Å². The van der Waals surface area contributed by atoms with E-state index in [0.29, 0.717) is 0 Å². The summed E-state index contributed by atoms with van der Waals surface area (Å²) in [7, 11) is 0. The van der Waals surface area contributed by atoms with E-state index < -0.39 is 0 Å². The van der Waals surface area contributed by atoms with Gasteiger partial charge in [-0.05, 0) is 25.8 Å². The molecular weight excluding hydrogens is 132 g/mol. The van der Waals surface area contributed by atoms with Crippen LogP contribution in [0.2, 0.25) is 0 Å². The highest BCUT2D eigenvalue weighted by Gasteiger charge is 1.90. The van der Waals surface area contributed by atoms with Gasteiger partial charge in [-0.25, -0.2) is 0 Å². The first-order chi connectivity index (χ1) is 4.16. The van der Waals surface area contributed by atoms with Gasteiger partial charge in [-0.3, -0.25) is 0 Å². The summed E-state index contributed by atoms with van der Waals surface area (Å²) in [5.41, 5.74) is 0.961. The van der Waals surface area contributed by atoms with Crippen LogP contribution in [0.25, 0.3) is 0 Å². The molecule has 0 heterocycles. The second kappa shape index (κ2) is 4.47. The lowest BCUT2D eigenvalue weighted by Gasteiger charge is -1.94. The maximum atomic E-state index is 5.67. The number of allylic oxidation sites excluding steroid dienone is 2. The molecule has 0 aliphatic carbocycles. The molecule has 0 aliphatic rings. The molecule has 50 valence electrons. The summed E-state index contributed by atoms with van der Waals surface area (Å²) < 4.78 is 0. The van der Waals surface area contributed by atoms with Crippen LogP contribution in [-0.4, -0.2) is 5.38 Å². The maximum Gasteiger partial charge on any atom is 0.0342 e. The Labute approximate surface area is 61.9 Å². The standard InChI is InChI=1S/C8H11Cl/c1-4-7(2)5-6-8(3)9/h1,5,8H,6H2,2-3H3/b7-5-. The Hall–Kier alpha value is -0.410. The predicted molar refractivity (Wildman–Crippen MR) is 42.5 cm³/mol. The zero-order valence-electron chi connectivity index (χ0n) is 5.82. The summed E-state index contributed by atoms with van der Waals surface area (Å²) in [6.07, 6.45) is 7.93. The fraction of sp³-hybridized carbons (Fsp3) is 0.500. The Kier molecular flexibility index (Phi) is 4.26. The quantitative estimate of drug-likeness (QED) is 0.411. The van der Waals surface area contributed by atoms with Crippen molar-refractivity contribution < 1.29 is 0 Å². The summed E-state index contributed by atoms with van der Waals surface area (Å²) in [5, 5.41) is 0.188. The van der Waals surface area contributed by atoms with Crippen LogP contribution in [0.15, 0.2) is 11.6 Å². The van der Waals surface area contributed by atoms with Gasteiger partial charge < -0.3 is 0 Å². The molecule has 1 atom stereocenters. The van der Waals surface area contributed by atoms with E-state index in [1.54, 1.807) is 0 Å². The van der Waals surface area contributed by atoms with Crippen molar-refractivity contribution in [2.24, 2.45) is 0 Å². The predicted octanol–water partition coefficient (Wildman–Crippen LogP) is 2.58. The van der Waals surface area contributed by atoms with Crippen molar-refractivity contribution in [2.45, 2.75) is 25.6 Å². The van der Waals surface area contributed by atoms with Crippen LogP contribution in [0.1, 0.15) is 20.3 Å². The Morgan fingerprint density at radius 1 is 1.89 bits per heavy atom. The fourth-order valence-electron chi connectivity index (χ4n) is 0.398. The first kappa shape index (κ1) is 8.59. The first-order valence-electron chi connectivity index (χ1n) is 2.94. The van der Waals surface area contributed by atoms with Crippen LogP contribution in [-0.2, 0) is 0 Å². The third kappa shape index (κ3) is 5.46. The number of rotatable bonds is 2.